The number of hydrogen-bond donors (Lipinski definition) is 0. The maximum absolute atomic E-state index is 6.49. The zero-order valence-corrected chi connectivity index (χ0v) is 12.4. The highest BCUT2D eigenvalue weighted by molar-refractivity contribution is 5.65. The molecule has 0 radical (unpaired) electrons. The van der Waals surface area contributed by atoms with Gasteiger partial charge < -0.3 is 9.47 Å². The van der Waals surface area contributed by atoms with Crippen molar-refractivity contribution in [2.75, 3.05) is 0 Å². The van der Waals surface area contributed by atoms with Crippen LogP contribution in [0.15, 0.2) is 54.1 Å². The molecule has 2 aliphatic heterocycles. The van der Waals surface area contributed by atoms with Crippen molar-refractivity contribution >= 4 is 6.08 Å². The van der Waals surface area contributed by atoms with Crippen LogP contribution >= 0.6 is 0 Å². The third kappa shape index (κ3) is 1.61. The predicted molar refractivity (Wildman–Crippen MR) is 85.9 cm³/mol. The van der Waals surface area contributed by atoms with E-state index >= 15 is 0 Å². The van der Waals surface area contributed by atoms with Crippen LogP contribution in [0.1, 0.15) is 30.4 Å². The van der Waals surface area contributed by atoms with E-state index in [0.29, 0.717) is 5.92 Å². The summed E-state index contributed by atoms with van der Waals surface area (Å²) in [7, 11) is 0. The second kappa shape index (κ2) is 4.39. The summed E-state index contributed by atoms with van der Waals surface area (Å²) in [5, 5.41) is 0. The van der Waals surface area contributed by atoms with Crippen molar-refractivity contribution in [3.05, 3.63) is 65.2 Å². The van der Waals surface area contributed by atoms with Gasteiger partial charge in [0.15, 0.2) is 0 Å². The summed E-state index contributed by atoms with van der Waals surface area (Å²) in [6.07, 6.45) is 6.77. The quantitative estimate of drug-likeness (QED) is 0.706. The van der Waals surface area contributed by atoms with Gasteiger partial charge in [0, 0.05) is 17.1 Å². The minimum absolute atomic E-state index is 0.399. The smallest absolute Gasteiger partial charge is 0.277 e. The van der Waals surface area contributed by atoms with Gasteiger partial charge in [0.2, 0.25) is 0 Å². The zero-order chi connectivity index (χ0) is 14.6. The van der Waals surface area contributed by atoms with E-state index in [1.165, 1.54) is 23.1 Å². The molecule has 2 heteroatoms. The van der Waals surface area contributed by atoms with Crippen molar-refractivity contribution in [3.63, 3.8) is 0 Å². The molecule has 0 bridgehead atoms. The molecule has 22 heavy (non-hydrogen) atoms. The van der Waals surface area contributed by atoms with Gasteiger partial charge in [-0.25, -0.2) is 0 Å². The maximum Gasteiger partial charge on any atom is 0.277 e. The number of ether oxygens (including phenoxy) is 2. The number of benzene rings is 2. The Balaban J connectivity index is 1.67. The molecular weight excluding hydrogens is 272 g/mol. The van der Waals surface area contributed by atoms with Gasteiger partial charge in [0.25, 0.3) is 5.79 Å². The number of fused-ring (bicyclic) bond motifs is 2. The molecule has 0 amide bonds. The van der Waals surface area contributed by atoms with Crippen LogP contribution in [-0.4, -0.2) is 5.79 Å². The van der Waals surface area contributed by atoms with Crippen molar-refractivity contribution in [3.8, 4) is 11.5 Å². The van der Waals surface area contributed by atoms with Gasteiger partial charge in [0.1, 0.15) is 11.5 Å². The fourth-order valence-electron chi connectivity index (χ4n) is 4.14. The Labute approximate surface area is 130 Å². The molecule has 2 nitrogen and oxygen atoms in total. The standard InChI is InChI=1S/C20H18O2/c1-3-10-18-14(6-1)12-16-8-5-9-17-13-15-7-2-4-11-19(15)22-20(16,17)21-18/h1-4,6-7,10-12,17H,5,8-9,13H2. The average molecular weight is 290 g/mol. The first-order valence-corrected chi connectivity index (χ1v) is 8.11. The Bertz CT molecular complexity index is 777. The van der Waals surface area contributed by atoms with E-state index in [-0.39, 0.29) is 0 Å². The molecule has 1 fully saturated rings. The summed E-state index contributed by atoms with van der Waals surface area (Å²) >= 11 is 0. The van der Waals surface area contributed by atoms with Gasteiger partial charge in [-0.1, -0.05) is 36.4 Å². The van der Waals surface area contributed by atoms with E-state index in [2.05, 4.69) is 36.4 Å². The van der Waals surface area contributed by atoms with Crippen LogP contribution in [-0.2, 0) is 6.42 Å². The lowest BCUT2D eigenvalue weighted by atomic mass is 9.73. The molecule has 0 aromatic heterocycles. The van der Waals surface area contributed by atoms with Crippen LogP contribution in [0.3, 0.4) is 0 Å². The summed E-state index contributed by atoms with van der Waals surface area (Å²) in [5.74, 6) is 1.74. The Morgan fingerprint density at radius 1 is 0.909 bits per heavy atom. The summed E-state index contributed by atoms with van der Waals surface area (Å²) in [5.41, 5.74) is 3.78. The topological polar surface area (TPSA) is 18.5 Å². The van der Waals surface area contributed by atoms with E-state index in [1.54, 1.807) is 0 Å². The molecule has 2 aromatic rings. The van der Waals surface area contributed by atoms with E-state index in [0.717, 1.165) is 30.8 Å². The Kier molecular flexibility index (Phi) is 2.46. The largest absolute Gasteiger partial charge is 0.448 e. The lowest BCUT2D eigenvalue weighted by Crippen LogP contribution is -2.56. The molecule has 1 aliphatic carbocycles. The first kappa shape index (κ1) is 12.3. The van der Waals surface area contributed by atoms with Gasteiger partial charge >= 0.3 is 0 Å². The first-order chi connectivity index (χ1) is 10.9. The van der Waals surface area contributed by atoms with Crippen molar-refractivity contribution in [2.24, 2.45) is 5.92 Å². The summed E-state index contributed by atoms with van der Waals surface area (Å²) in [6, 6.07) is 16.6. The molecule has 0 saturated heterocycles. The van der Waals surface area contributed by atoms with E-state index in [4.69, 9.17) is 9.47 Å². The van der Waals surface area contributed by atoms with Crippen LogP contribution in [0.25, 0.3) is 6.08 Å². The fraction of sp³-hybridized carbons (Fsp3) is 0.300. The molecule has 2 atom stereocenters. The molecule has 2 aromatic carbocycles. The number of rotatable bonds is 0. The Morgan fingerprint density at radius 3 is 2.64 bits per heavy atom. The predicted octanol–water partition coefficient (Wildman–Crippen LogP) is 4.59. The van der Waals surface area contributed by atoms with Gasteiger partial charge in [0.05, 0.1) is 0 Å². The molecule has 2 unspecified atom stereocenters. The summed E-state index contributed by atoms with van der Waals surface area (Å²) < 4.78 is 13.0. The number of hydrogen-bond acceptors (Lipinski definition) is 2. The van der Waals surface area contributed by atoms with Gasteiger partial charge in [-0.05, 0) is 49.5 Å². The Hall–Kier alpha value is -2.22. The molecule has 0 N–H and O–H groups in total. The molecule has 110 valence electrons. The monoisotopic (exact) mass is 290 g/mol. The molecule has 1 spiro atoms. The summed E-state index contributed by atoms with van der Waals surface area (Å²) in [4.78, 5) is 0. The van der Waals surface area contributed by atoms with E-state index < -0.39 is 5.79 Å². The van der Waals surface area contributed by atoms with E-state index in [1.807, 2.05) is 18.2 Å². The molecule has 1 saturated carbocycles. The van der Waals surface area contributed by atoms with E-state index in [9.17, 15) is 0 Å². The van der Waals surface area contributed by atoms with Crippen LogP contribution in [0, 0.1) is 5.92 Å². The van der Waals surface area contributed by atoms with Crippen molar-refractivity contribution in [2.45, 2.75) is 31.5 Å². The molecular formula is C20H18O2. The second-order valence-electron chi connectivity index (χ2n) is 6.48. The van der Waals surface area contributed by atoms with Crippen LogP contribution in [0.2, 0.25) is 0 Å². The van der Waals surface area contributed by atoms with Gasteiger partial charge in [-0.2, -0.15) is 0 Å². The van der Waals surface area contributed by atoms with Gasteiger partial charge in [-0.3, -0.25) is 0 Å². The average Bonchev–Trinajstić information content (AvgIpc) is 2.56. The number of para-hydroxylation sites is 2. The van der Waals surface area contributed by atoms with Crippen molar-refractivity contribution in [1.82, 2.24) is 0 Å². The maximum atomic E-state index is 6.49. The van der Waals surface area contributed by atoms with Crippen molar-refractivity contribution < 1.29 is 9.47 Å². The summed E-state index contributed by atoms with van der Waals surface area (Å²) in [6.45, 7) is 0. The minimum Gasteiger partial charge on any atom is -0.448 e. The second-order valence-corrected chi connectivity index (χ2v) is 6.48. The highest BCUT2D eigenvalue weighted by Crippen LogP contribution is 2.51. The van der Waals surface area contributed by atoms with Crippen LogP contribution in [0.4, 0.5) is 0 Å². The Morgan fingerprint density at radius 2 is 1.68 bits per heavy atom. The first-order valence-electron chi connectivity index (χ1n) is 8.11. The third-order valence-corrected chi connectivity index (χ3v) is 5.19. The van der Waals surface area contributed by atoms with Gasteiger partial charge in [-0.15, -0.1) is 0 Å². The lowest BCUT2D eigenvalue weighted by molar-refractivity contribution is -0.148. The third-order valence-electron chi connectivity index (χ3n) is 5.19. The van der Waals surface area contributed by atoms with Crippen LogP contribution in [0.5, 0.6) is 11.5 Å². The normalized spacial score (nSPS) is 28.0. The molecule has 2 heterocycles. The zero-order valence-electron chi connectivity index (χ0n) is 12.4. The molecule has 3 aliphatic rings. The minimum atomic E-state index is -0.582. The highest BCUT2D eigenvalue weighted by atomic mass is 16.7. The fourth-order valence-corrected chi connectivity index (χ4v) is 4.14. The lowest BCUT2D eigenvalue weighted by Gasteiger charge is -2.49. The SMILES string of the molecule is C1=C2CCCC3Cc4ccccc4OC23Oc2ccccc21. The van der Waals surface area contributed by atoms with Crippen molar-refractivity contribution in [1.29, 1.82) is 0 Å². The van der Waals surface area contributed by atoms with Crippen LogP contribution < -0.4 is 9.47 Å². The highest BCUT2D eigenvalue weighted by Gasteiger charge is 2.53. The molecule has 5 rings (SSSR count).